The molecule has 5 nitrogen and oxygen atoms in total. The van der Waals surface area contributed by atoms with Crippen molar-refractivity contribution in [3.63, 3.8) is 0 Å². The van der Waals surface area contributed by atoms with E-state index in [-0.39, 0.29) is 58.0 Å². The first-order valence-corrected chi connectivity index (χ1v) is 11.4. The summed E-state index contributed by atoms with van der Waals surface area (Å²) in [7, 11) is -3.94. The molecule has 4 aromatic carbocycles. The molecule has 0 aromatic heterocycles. The third-order valence-corrected chi connectivity index (χ3v) is 6.56. The summed E-state index contributed by atoms with van der Waals surface area (Å²) < 4.78 is 36.4. The molecule has 0 saturated carbocycles. The van der Waals surface area contributed by atoms with E-state index in [9.17, 15) is 8.42 Å². The van der Waals surface area contributed by atoms with Gasteiger partial charge < -0.3 is 33.4 Å². The Balaban J connectivity index is 0.00000153. The van der Waals surface area contributed by atoms with Crippen molar-refractivity contribution in [2.24, 2.45) is 4.99 Å². The molecule has 1 aliphatic rings. The molecule has 0 radical (unpaired) electrons. The smallest absolute Gasteiger partial charge is 1.00 e. The Kier molecular flexibility index (Phi) is 8.38. The van der Waals surface area contributed by atoms with Crippen LogP contribution in [0.15, 0.2) is 107 Å². The van der Waals surface area contributed by atoms with Crippen LogP contribution in [0, 0.1) is 0 Å². The van der Waals surface area contributed by atoms with Crippen molar-refractivity contribution in [1.82, 2.24) is 0 Å². The van der Waals surface area contributed by atoms with Gasteiger partial charge in [0.05, 0.1) is 4.90 Å². The number of sulfonamides is 1. The maximum atomic E-state index is 13.2. The Morgan fingerprint density at radius 3 is 2.30 bits per heavy atom. The Labute approximate surface area is 226 Å². The van der Waals surface area contributed by atoms with Gasteiger partial charge in [0, 0.05) is 5.56 Å². The van der Waals surface area contributed by atoms with Crippen molar-refractivity contribution in [3.05, 3.63) is 113 Å². The van der Waals surface area contributed by atoms with E-state index < -0.39 is 10.0 Å². The van der Waals surface area contributed by atoms with Crippen molar-refractivity contribution in [3.8, 4) is 0 Å². The van der Waals surface area contributed by atoms with Crippen LogP contribution in [-0.4, -0.2) is 44.0 Å². The molecule has 4 aromatic rings. The Hall–Kier alpha value is -2.14. The molecule has 0 saturated heterocycles. The standard InChI is InChI=1S/C25H19N2O3S.HI.Mg/c28-31(29,24-16-8-12-18-9-4-5-13-20(18)24)27-22-15-7-6-14-21(22)25-26-23(17-30-25)19-10-2-1-3-11-19;;/h1-16,23H,17H2;1H;/q-1;;+2/p-1/t23-;;/m0../s1. The van der Waals surface area contributed by atoms with Gasteiger partial charge in [-0.3, -0.25) is 0 Å². The number of hydrogen-bond donors (Lipinski definition) is 0. The molecule has 0 spiro atoms. The first-order chi connectivity index (χ1) is 15.1. The van der Waals surface area contributed by atoms with Crippen LogP contribution in [0.2, 0.25) is 0 Å². The summed E-state index contributed by atoms with van der Waals surface area (Å²) in [4.78, 5) is 4.86. The number of benzene rings is 4. The van der Waals surface area contributed by atoms with Crippen LogP contribution in [0.4, 0.5) is 5.69 Å². The fraction of sp³-hybridized carbons (Fsp3) is 0.0800. The normalized spacial score (nSPS) is 15.0. The van der Waals surface area contributed by atoms with Crippen LogP contribution >= 0.6 is 0 Å². The average Bonchev–Trinajstić information content (AvgIpc) is 3.29. The first-order valence-electron chi connectivity index (χ1n) is 9.92. The molecule has 0 aliphatic carbocycles. The van der Waals surface area contributed by atoms with Crippen LogP contribution in [0.5, 0.6) is 0 Å². The second-order valence-corrected chi connectivity index (χ2v) is 8.81. The van der Waals surface area contributed by atoms with Gasteiger partial charge in [-0.1, -0.05) is 91.0 Å². The number of aliphatic imine (C=N–C) groups is 1. The topological polar surface area (TPSA) is 69.8 Å². The van der Waals surface area contributed by atoms with Crippen LogP contribution < -0.4 is 24.0 Å². The largest absolute Gasteiger partial charge is 2.00 e. The zero-order valence-corrected chi connectivity index (χ0v) is 22.0. The van der Waals surface area contributed by atoms with Gasteiger partial charge in [-0.05, 0) is 22.4 Å². The van der Waals surface area contributed by atoms with Gasteiger partial charge in [0.1, 0.15) is 22.7 Å². The Morgan fingerprint density at radius 1 is 0.818 bits per heavy atom. The maximum absolute atomic E-state index is 13.2. The van der Waals surface area contributed by atoms with Crippen LogP contribution in [0.25, 0.3) is 15.5 Å². The number of fused-ring (bicyclic) bond motifs is 1. The molecule has 8 heteroatoms. The van der Waals surface area contributed by atoms with E-state index in [0.717, 1.165) is 10.9 Å². The fourth-order valence-corrected chi connectivity index (χ4v) is 4.93. The quantitative estimate of drug-likeness (QED) is 0.270. The molecule has 162 valence electrons. The molecule has 0 bridgehead atoms. The predicted molar refractivity (Wildman–Crippen MR) is 128 cm³/mol. The predicted octanol–water partition coefficient (Wildman–Crippen LogP) is 2.38. The minimum absolute atomic E-state index is 0. The molecule has 1 heterocycles. The fourth-order valence-electron chi connectivity index (χ4n) is 3.70. The van der Waals surface area contributed by atoms with E-state index >= 15 is 0 Å². The van der Waals surface area contributed by atoms with Gasteiger partial charge in [-0.2, -0.15) is 0 Å². The second kappa shape index (κ2) is 10.9. The third kappa shape index (κ3) is 5.34. The third-order valence-electron chi connectivity index (χ3n) is 5.22. The number of halogens is 1. The van der Waals surface area contributed by atoms with Crippen LogP contribution in [-0.2, 0) is 14.8 Å². The van der Waals surface area contributed by atoms with Gasteiger partial charge in [0.25, 0.3) is 0 Å². The van der Waals surface area contributed by atoms with Crippen molar-refractivity contribution >= 4 is 55.4 Å². The van der Waals surface area contributed by atoms with E-state index in [4.69, 9.17) is 4.74 Å². The molecule has 0 N–H and O–H groups in total. The summed E-state index contributed by atoms with van der Waals surface area (Å²) in [5.41, 5.74) is 1.92. The van der Waals surface area contributed by atoms with E-state index in [2.05, 4.69) is 9.71 Å². The summed E-state index contributed by atoms with van der Waals surface area (Å²) in [6.07, 6.45) is 0. The molecule has 33 heavy (non-hydrogen) atoms. The van der Waals surface area contributed by atoms with Crippen molar-refractivity contribution < 1.29 is 37.1 Å². The number of nitrogens with zero attached hydrogens (tertiary/aromatic N) is 2. The van der Waals surface area contributed by atoms with E-state index in [1.807, 2.05) is 60.7 Å². The van der Waals surface area contributed by atoms with Gasteiger partial charge in [-0.25, -0.2) is 13.4 Å². The summed E-state index contributed by atoms with van der Waals surface area (Å²) >= 11 is 0. The number of ether oxygens (including phenoxy) is 1. The summed E-state index contributed by atoms with van der Waals surface area (Å²) in [5, 5.41) is 1.49. The van der Waals surface area contributed by atoms with E-state index in [0.29, 0.717) is 29.1 Å². The van der Waals surface area contributed by atoms with Crippen molar-refractivity contribution in [2.45, 2.75) is 10.9 Å². The molecule has 0 unspecified atom stereocenters. The van der Waals surface area contributed by atoms with Crippen LogP contribution in [0.1, 0.15) is 17.2 Å². The number of rotatable bonds is 5. The van der Waals surface area contributed by atoms with Crippen molar-refractivity contribution in [1.29, 1.82) is 0 Å². The van der Waals surface area contributed by atoms with Gasteiger partial charge in [-0.15, -0.1) is 5.69 Å². The monoisotopic (exact) mass is 578 g/mol. The molecular weight excluding hydrogens is 560 g/mol. The molecule has 0 amide bonds. The zero-order chi connectivity index (χ0) is 21.3. The minimum atomic E-state index is -3.94. The first kappa shape index (κ1) is 25.5. The Bertz CT molecular complexity index is 1390. The summed E-state index contributed by atoms with van der Waals surface area (Å²) in [6.45, 7) is 0.407. The second-order valence-electron chi connectivity index (χ2n) is 7.23. The minimum Gasteiger partial charge on any atom is -1.00 e. The molecule has 5 rings (SSSR count). The van der Waals surface area contributed by atoms with Gasteiger partial charge in [0.2, 0.25) is 5.90 Å². The average molecular weight is 579 g/mol. The van der Waals surface area contributed by atoms with Crippen molar-refractivity contribution in [2.75, 3.05) is 6.61 Å². The number of hydrogen-bond acceptors (Lipinski definition) is 4. The van der Waals surface area contributed by atoms with Gasteiger partial charge >= 0.3 is 23.1 Å². The van der Waals surface area contributed by atoms with E-state index in [1.165, 1.54) is 0 Å². The molecule has 0 fully saturated rings. The maximum Gasteiger partial charge on any atom is 2.00 e. The molecule has 1 atom stereocenters. The summed E-state index contributed by atoms with van der Waals surface area (Å²) in [6, 6.07) is 29.3. The van der Waals surface area contributed by atoms with Crippen LogP contribution in [0.3, 0.4) is 0 Å². The summed E-state index contributed by atoms with van der Waals surface area (Å²) in [5.74, 6) is 0.404. The molecule has 1 aliphatic heterocycles. The Morgan fingerprint density at radius 2 is 1.48 bits per heavy atom. The van der Waals surface area contributed by atoms with E-state index in [1.54, 1.807) is 36.4 Å². The molecular formula is C25H19IMgN2O3S. The SMILES string of the molecule is O=S(=O)([N-]c1ccccc1C1=N[C@H](c2ccccc2)CO1)c1cccc2ccccc12.[I-].[Mg+2]. The zero-order valence-electron chi connectivity index (χ0n) is 17.6. The van der Waals surface area contributed by atoms with Gasteiger partial charge in [0.15, 0.2) is 0 Å².